The molecule has 9 nitrogen and oxygen atoms in total. The third-order valence-electron chi connectivity index (χ3n) is 6.25. The molecule has 0 saturated heterocycles. The third kappa shape index (κ3) is 4.15. The van der Waals surface area contributed by atoms with E-state index in [1.54, 1.807) is 24.3 Å². The zero-order valence-electron chi connectivity index (χ0n) is 19.9. The van der Waals surface area contributed by atoms with E-state index in [-0.39, 0.29) is 22.4 Å². The van der Waals surface area contributed by atoms with Gasteiger partial charge in [-0.25, -0.2) is 0 Å². The number of aryl methyl sites for hydroxylation is 1. The number of carbonyl (C=O) groups is 1. The van der Waals surface area contributed by atoms with Crippen molar-refractivity contribution in [2.24, 2.45) is 0 Å². The normalized spacial score (nSPS) is 14.7. The number of hydrogen-bond acceptors (Lipinski definition) is 9. The van der Waals surface area contributed by atoms with Gasteiger partial charge in [0.1, 0.15) is 5.58 Å². The van der Waals surface area contributed by atoms with Crippen molar-refractivity contribution in [1.82, 2.24) is 10.2 Å². The molecule has 0 aliphatic carbocycles. The highest BCUT2D eigenvalue weighted by Crippen LogP contribution is 2.43. The Hall–Kier alpha value is -4.35. The summed E-state index contributed by atoms with van der Waals surface area (Å²) in [6, 6.07) is 20.0. The summed E-state index contributed by atoms with van der Waals surface area (Å²) in [4.78, 5) is 39.6. The van der Waals surface area contributed by atoms with Crippen LogP contribution in [0.3, 0.4) is 0 Å². The molecule has 1 atom stereocenters. The summed E-state index contributed by atoms with van der Waals surface area (Å²) in [6.07, 6.45) is 0. The minimum absolute atomic E-state index is 0.0663. The maximum absolute atomic E-state index is 13.7. The number of thioether (sulfide) groups is 1. The molecule has 0 saturated carbocycles. The van der Waals surface area contributed by atoms with Gasteiger partial charge in [0.15, 0.2) is 9.77 Å². The number of aromatic nitrogens is 2. The Balaban J connectivity index is 1.45. The molecule has 38 heavy (non-hydrogen) atoms. The van der Waals surface area contributed by atoms with Crippen LogP contribution in [0.1, 0.15) is 38.9 Å². The number of nitrogens with zero attached hydrogens (tertiary/aromatic N) is 4. The van der Waals surface area contributed by atoms with Crippen LogP contribution in [-0.2, 0) is 5.75 Å². The van der Waals surface area contributed by atoms with E-state index in [1.807, 2.05) is 43.3 Å². The van der Waals surface area contributed by atoms with E-state index >= 15 is 0 Å². The standard InChI is InChI=1S/C27H18N4O5S2/c1-15-7-12-20-19(13-15)23(32)21-22(17-8-10-18(11-9-17)31(34)35)30(25(33)24(21)36-20)26-28-29-27(38-26)37-14-16-5-3-2-4-6-16/h2-13,22H,14H2,1H3. The molecule has 5 aromatic rings. The molecule has 0 spiro atoms. The van der Waals surface area contributed by atoms with E-state index < -0.39 is 16.9 Å². The van der Waals surface area contributed by atoms with Gasteiger partial charge in [-0.3, -0.25) is 24.6 Å². The van der Waals surface area contributed by atoms with Crippen molar-refractivity contribution in [2.45, 2.75) is 23.1 Å². The lowest BCUT2D eigenvalue weighted by Gasteiger charge is -2.21. The van der Waals surface area contributed by atoms with Crippen LogP contribution >= 0.6 is 23.1 Å². The summed E-state index contributed by atoms with van der Waals surface area (Å²) in [6.45, 7) is 1.87. The Bertz CT molecular complexity index is 1770. The van der Waals surface area contributed by atoms with E-state index in [0.717, 1.165) is 11.1 Å². The number of amides is 1. The van der Waals surface area contributed by atoms with Crippen molar-refractivity contribution < 1.29 is 14.1 Å². The SMILES string of the molecule is Cc1ccc2oc3c(c(=O)c2c1)C(c1ccc([N+](=O)[O-])cc1)N(c1nnc(SCc2ccccc2)s1)C3=O. The Labute approximate surface area is 223 Å². The van der Waals surface area contributed by atoms with Crippen LogP contribution in [0.15, 0.2) is 86.3 Å². The molecule has 188 valence electrons. The largest absolute Gasteiger partial charge is 0.450 e. The zero-order chi connectivity index (χ0) is 26.4. The third-order valence-corrected chi connectivity index (χ3v) is 8.38. The van der Waals surface area contributed by atoms with Crippen molar-refractivity contribution in [1.29, 1.82) is 0 Å². The average Bonchev–Trinajstić information content (AvgIpc) is 3.51. The molecule has 1 unspecified atom stereocenters. The van der Waals surface area contributed by atoms with Crippen molar-refractivity contribution >= 4 is 50.8 Å². The molecular formula is C27H18N4O5S2. The van der Waals surface area contributed by atoms with Gasteiger partial charge in [-0.1, -0.05) is 65.1 Å². The van der Waals surface area contributed by atoms with Gasteiger partial charge in [0.2, 0.25) is 10.9 Å². The number of nitro groups is 1. The molecule has 2 aromatic heterocycles. The van der Waals surface area contributed by atoms with Crippen molar-refractivity contribution in [3.63, 3.8) is 0 Å². The van der Waals surface area contributed by atoms with Gasteiger partial charge in [0.05, 0.1) is 21.9 Å². The van der Waals surface area contributed by atoms with Crippen LogP contribution < -0.4 is 10.3 Å². The molecule has 0 fully saturated rings. The fourth-order valence-corrected chi connectivity index (χ4v) is 6.28. The minimum atomic E-state index is -0.876. The van der Waals surface area contributed by atoms with Gasteiger partial charge in [-0.2, -0.15) is 0 Å². The molecule has 0 radical (unpaired) electrons. The van der Waals surface area contributed by atoms with Gasteiger partial charge < -0.3 is 4.42 Å². The Morgan fingerprint density at radius 1 is 1.05 bits per heavy atom. The van der Waals surface area contributed by atoms with E-state index in [4.69, 9.17) is 4.42 Å². The summed E-state index contributed by atoms with van der Waals surface area (Å²) in [5.74, 6) is 0.0994. The number of nitro benzene ring substituents is 1. The Kier molecular flexibility index (Phi) is 6.01. The summed E-state index contributed by atoms with van der Waals surface area (Å²) in [5, 5.41) is 20.4. The maximum atomic E-state index is 13.7. The van der Waals surface area contributed by atoms with Crippen LogP contribution in [0.4, 0.5) is 10.8 Å². The predicted molar refractivity (Wildman–Crippen MR) is 145 cm³/mol. The Morgan fingerprint density at radius 2 is 1.82 bits per heavy atom. The molecule has 1 aliphatic heterocycles. The van der Waals surface area contributed by atoms with Gasteiger partial charge in [-0.05, 0) is 42.3 Å². The number of carbonyl (C=O) groups excluding carboxylic acids is 1. The number of anilines is 1. The highest BCUT2D eigenvalue weighted by atomic mass is 32.2. The first-order valence-corrected chi connectivity index (χ1v) is 13.4. The van der Waals surface area contributed by atoms with Crippen molar-refractivity contribution in [3.8, 4) is 0 Å². The molecule has 1 amide bonds. The molecule has 3 aromatic carbocycles. The molecule has 3 heterocycles. The zero-order valence-corrected chi connectivity index (χ0v) is 21.5. The van der Waals surface area contributed by atoms with E-state index in [0.29, 0.717) is 31.8 Å². The molecular weight excluding hydrogens is 524 g/mol. The van der Waals surface area contributed by atoms with Gasteiger partial charge >= 0.3 is 0 Å². The van der Waals surface area contributed by atoms with Crippen LogP contribution in [0, 0.1) is 17.0 Å². The highest BCUT2D eigenvalue weighted by Gasteiger charge is 2.45. The van der Waals surface area contributed by atoms with E-state index in [9.17, 15) is 19.7 Å². The van der Waals surface area contributed by atoms with Gasteiger partial charge in [0, 0.05) is 17.9 Å². The van der Waals surface area contributed by atoms with Gasteiger partial charge in [0.25, 0.3) is 11.6 Å². The summed E-state index contributed by atoms with van der Waals surface area (Å²) < 4.78 is 6.64. The second-order valence-corrected chi connectivity index (χ2v) is 10.9. The maximum Gasteiger partial charge on any atom is 0.297 e. The van der Waals surface area contributed by atoms with E-state index in [2.05, 4.69) is 10.2 Å². The minimum Gasteiger partial charge on any atom is -0.450 e. The summed E-state index contributed by atoms with van der Waals surface area (Å²) in [7, 11) is 0. The first kappa shape index (κ1) is 24.0. The summed E-state index contributed by atoms with van der Waals surface area (Å²) >= 11 is 2.73. The first-order chi connectivity index (χ1) is 18.4. The lowest BCUT2D eigenvalue weighted by atomic mass is 9.98. The predicted octanol–water partition coefficient (Wildman–Crippen LogP) is 5.90. The van der Waals surface area contributed by atoms with Gasteiger partial charge in [-0.15, -0.1) is 10.2 Å². The number of benzene rings is 3. The summed E-state index contributed by atoms with van der Waals surface area (Å²) in [5.41, 5.74) is 2.59. The van der Waals surface area contributed by atoms with Crippen molar-refractivity contribution in [3.05, 3.63) is 121 Å². The number of non-ortho nitro benzene ring substituents is 1. The number of fused-ring (bicyclic) bond motifs is 2. The fourth-order valence-electron chi connectivity index (χ4n) is 4.46. The lowest BCUT2D eigenvalue weighted by Crippen LogP contribution is -2.29. The molecule has 0 bridgehead atoms. The molecule has 1 aliphatic rings. The molecule has 11 heteroatoms. The lowest BCUT2D eigenvalue weighted by molar-refractivity contribution is -0.384. The highest BCUT2D eigenvalue weighted by molar-refractivity contribution is 8.00. The average molecular weight is 543 g/mol. The fraction of sp³-hybridized carbons (Fsp3) is 0.111. The topological polar surface area (TPSA) is 119 Å². The van der Waals surface area contributed by atoms with Crippen LogP contribution in [0.25, 0.3) is 11.0 Å². The molecule has 0 N–H and O–H groups in total. The first-order valence-electron chi connectivity index (χ1n) is 11.6. The Morgan fingerprint density at radius 3 is 2.55 bits per heavy atom. The van der Waals surface area contributed by atoms with E-state index in [1.165, 1.54) is 40.1 Å². The monoisotopic (exact) mass is 542 g/mol. The van der Waals surface area contributed by atoms with Crippen molar-refractivity contribution in [2.75, 3.05) is 4.90 Å². The van der Waals surface area contributed by atoms with Crippen LogP contribution in [0.2, 0.25) is 0 Å². The molecule has 6 rings (SSSR count). The smallest absolute Gasteiger partial charge is 0.297 e. The second-order valence-electron chi connectivity index (χ2n) is 8.72. The van der Waals surface area contributed by atoms with Crippen LogP contribution in [-0.4, -0.2) is 21.0 Å². The quantitative estimate of drug-likeness (QED) is 0.113. The number of rotatable bonds is 6. The number of hydrogen-bond donors (Lipinski definition) is 0. The second kappa shape index (κ2) is 9.51. The van der Waals surface area contributed by atoms with Crippen LogP contribution in [0.5, 0.6) is 0 Å².